The smallest absolute Gasteiger partial charge is 0.257 e. The van der Waals surface area contributed by atoms with Gasteiger partial charge >= 0.3 is 0 Å². The molecule has 4 heteroatoms. The molecule has 4 nitrogen and oxygen atoms in total. The van der Waals surface area contributed by atoms with Crippen molar-refractivity contribution >= 4 is 5.91 Å². The quantitative estimate of drug-likeness (QED) is 0.896. The normalized spacial score (nSPS) is 29.1. The molecule has 2 N–H and O–H groups in total. The SMILES string of the molecule is COc1ccccc1C(=O)N1CC2CCCC(N)C2C1. The average Bonchev–Trinajstić information content (AvgIpc) is 2.92. The average molecular weight is 274 g/mol. The Labute approximate surface area is 119 Å². The van der Waals surface area contributed by atoms with Gasteiger partial charge in [-0.1, -0.05) is 18.6 Å². The molecule has 0 aromatic heterocycles. The van der Waals surface area contributed by atoms with Crippen LogP contribution in [0.15, 0.2) is 24.3 Å². The predicted molar refractivity (Wildman–Crippen MR) is 77.7 cm³/mol. The third kappa shape index (κ3) is 2.29. The number of ether oxygens (including phenoxy) is 1. The summed E-state index contributed by atoms with van der Waals surface area (Å²) in [5.41, 5.74) is 6.87. The molecule has 3 unspecified atom stereocenters. The summed E-state index contributed by atoms with van der Waals surface area (Å²) in [7, 11) is 1.60. The number of hydrogen-bond acceptors (Lipinski definition) is 3. The summed E-state index contributed by atoms with van der Waals surface area (Å²) in [5.74, 6) is 1.78. The highest BCUT2D eigenvalue weighted by atomic mass is 16.5. The van der Waals surface area contributed by atoms with Crippen molar-refractivity contribution in [3.8, 4) is 5.75 Å². The largest absolute Gasteiger partial charge is 0.496 e. The number of fused-ring (bicyclic) bond motifs is 1. The summed E-state index contributed by atoms with van der Waals surface area (Å²) in [5, 5.41) is 0. The Kier molecular flexibility index (Phi) is 3.66. The molecule has 108 valence electrons. The fourth-order valence-electron chi connectivity index (χ4n) is 3.67. The standard InChI is InChI=1S/C16H22N2O2/c1-20-15-8-3-2-6-12(15)16(19)18-9-11-5-4-7-14(17)13(11)10-18/h2-3,6,8,11,13-14H,4-5,7,9-10,17H2,1H3. The van der Waals surface area contributed by atoms with Crippen LogP contribution in [0.4, 0.5) is 0 Å². The minimum absolute atomic E-state index is 0.0732. The topological polar surface area (TPSA) is 55.6 Å². The van der Waals surface area contributed by atoms with Gasteiger partial charge in [0.1, 0.15) is 5.75 Å². The van der Waals surface area contributed by atoms with E-state index in [4.69, 9.17) is 10.5 Å². The molecule has 1 saturated heterocycles. The number of amides is 1. The maximum absolute atomic E-state index is 12.7. The Morgan fingerprint density at radius 2 is 2.10 bits per heavy atom. The molecule has 3 atom stereocenters. The Hall–Kier alpha value is -1.55. The highest BCUT2D eigenvalue weighted by Crippen LogP contribution is 2.36. The zero-order valence-corrected chi connectivity index (χ0v) is 11.9. The van der Waals surface area contributed by atoms with Crippen LogP contribution >= 0.6 is 0 Å². The summed E-state index contributed by atoms with van der Waals surface area (Å²) in [6.07, 6.45) is 3.49. The summed E-state index contributed by atoms with van der Waals surface area (Å²) < 4.78 is 5.29. The van der Waals surface area contributed by atoms with Gasteiger partial charge in [0.2, 0.25) is 0 Å². The molecule has 1 aromatic carbocycles. The molecule has 0 bridgehead atoms. The molecular weight excluding hydrogens is 252 g/mol. The lowest BCUT2D eigenvalue weighted by Crippen LogP contribution is -2.38. The zero-order valence-electron chi connectivity index (χ0n) is 11.9. The lowest BCUT2D eigenvalue weighted by atomic mass is 9.78. The molecule has 1 aliphatic carbocycles. The fourth-order valence-corrected chi connectivity index (χ4v) is 3.67. The van der Waals surface area contributed by atoms with Crippen LogP contribution in [0.5, 0.6) is 5.75 Å². The first-order valence-electron chi connectivity index (χ1n) is 7.38. The number of hydrogen-bond donors (Lipinski definition) is 1. The molecule has 2 fully saturated rings. The van der Waals surface area contributed by atoms with Crippen molar-refractivity contribution in [2.45, 2.75) is 25.3 Å². The van der Waals surface area contributed by atoms with Crippen LogP contribution < -0.4 is 10.5 Å². The van der Waals surface area contributed by atoms with Crippen LogP contribution in [0.3, 0.4) is 0 Å². The second-order valence-electron chi connectivity index (χ2n) is 5.93. The van der Waals surface area contributed by atoms with Crippen LogP contribution in [0, 0.1) is 11.8 Å². The van der Waals surface area contributed by atoms with E-state index in [-0.39, 0.29) is 11.9 Å². The van der Waals surface area contributed by atoms with Gasteiger partial charge in [-0.15, -0.1) is 0 Å². The highest BCUT2D eigenvalue weighted by molar-refractivity contribution is 5.97. The van der Waals surface area contributed by atoms with Gasteiger partial charge < -0.3 is 15.4 Å². The van der Waals surface area contributed by atoms with Gasteiger partial charge in [0.05, 0.1) is 12.7 Å². The summed E-state index contributed by atoms with van der Waals surface area (Å²) in [4.78, 5) is 14.6. The van der Waals surface area contributed by atoms with Gasteiger partial charge in [0.25, 0.3) is 5.91 Å². The third-order valence-electron chi connectivity index (χ3n) is 4.78. The van der Waals surface area contributed by atoms with E-state index in [0.717, 1.165) is 19.5 Å². The minimum Gasteiger partial charge on any atom is -0.496 e. The van der Waals surface area contributed by atoms with Gasteiger partial charge in [-0.05, 0) is 36.8 Å². The minimum atomic E-state index is 0.0732. The van der Waals surface area contributed by atoms with Gasteiger partial charge in [-0.3, -0.25) is 4.79 Å². The first-order chi connectivity index (χ1) is 9.70. The molecule has 1 amide bonds. The van der Waals surface area contributed by atoms with Crippen molar-refractivity contribution in [1.29, 1.82) is 0 Å². The van der Waals surface area contributed by atoms with Crippen molar-refractivity contribution in [3.63, 3.8) is 0 Å². The lowest BCUT2D eigenvalue weighted by molar-refractivity contribution is 0.0780. The number of benzene rings is 1. The number of carbonyl (C=O) groups excluding carboxylic acids is 1. The maximum Gasteiger partial charge on any atom is 0.257 e. The molecule has 2 aliphatic rings. The van der Waals surface area contributed by atoms with E-state index < -0.39 is 0 Å². The summed E-state index contributed by atoms with van der Waals surface area (Å²) >= 11 is 0. The third-order valence-corrected chi connectivity index (χ3v) is 4.78. The maximum atomic E-state index is 12.7. The molecular formula is C16H22N2O2. The van der Waals surface area contributed by atoms with E-state index in [1.54, 1.807) is 7.11 Å². The number of nitrogens with zero attached hydrogens (tertiary/aromatic N) is 1. The summed E-state index contributed by atoms with van der Waals surface area (Å²) in [6.45, 7) is 1.64. The second-order valence-corrected chi connectivity index (χ2v) is 5.93. The Balaban J connectivity index is 1.78. The first kappa shape index (κ1) is 13.4. The molecule has 20 heavy (non-hydrogen) atoms. The van der Waals surface area contributed by atoms with Gasteiger partial charge in [0, 0.05) is 19.1 Å². The predicted octanol–water partition coefficient (Wildman–Crippen LogP) is 1.89. The van der Waals surface area contributed by atoms with Gasteiger partial charge in [-0.25, -0.2) is 0 Å². The number of rotatable bonds is 2. The fraction of sp³-hybridized carbons (Fsp3) is 0.562. The van der Waals surface area contributed by atoms with Crippen molar-refractivity contribution in [1.82, 2.24) is 4.90 Å². The van der Waals surface area contributed by atoms with Crippen LogP contribution in [0.2, 0.25) is 0 Å². The van der Waals surface area contributed by atoms with E-state index >= 15 is 0 Å². The van der Waals surface area contributed by atoms with Crippen molar-refractivity contribution in [2.24, 2.45) is 17.6 Å². The zero-order chi connectivity index (χ0) is 14.1. The van der Waals surface area contributed by atoms with Crippen LogP contribution in [0.25, 0.3) is 0 Å². The molecule has 1 heterocycles. The number of methoxy groups -OCH3 is 1. The molecule has 3 rings (SSSR count). The number of nitrogens with two attached hydrogens (primary N) is 1. The van der Waals surface area contributed by atoms with Crippen molar-refractivity contribution in [3.05, 3.63) is 29.8 Å². The van der Waals surface area contributed by atoms with E-state index in [0.29, 0.717) is 23.1 Å². The van der Waals surface area contributed by atoms with Gasteiger partial charge in [-0.2, -0.15) is 0 Å². The van der Waals surface area contributed by atoms with E-state index in [2.05, 4.69) is 0 Å². The van der Waals surface area contributed by atoms with Crippen molar-refractivity contribution < 1.29 is 9.53 Å². The van der Waals surface area contributed by atoms with Crippen molar-refractivity contribution in [2.75, 3.05) is 20.2 Å². The van der Waals surface area contributed by atoms with E-state index in [9.17, 15) is 4.79 Å². The highest BCUT2D eigenvalue weighted by Gasteiger charge is 2.40. The monoisotopic (exact) mass is 274 g/mol. The van der Waals surface area contributed by atoms with E-state index in [1.165, 1.54) is 12.8 Å². The molecule has 0 radical (unpaired) electrons. The molecule has 0 spiro atoms. The van der Waals surface area contributed by atoms with Crippen LogP contribution in [0.1, 0.15) is 29.6 Å². The number of likely N-dealkylation sites (tertiary alicyclic amines) is 1. The first-order valence-corrected chi connectivity index (χ1v) is 7.38. The second kappa shape index (κ2) is 5.44. The Bertz CT molecular complexity index is 503. The van der Waals surface area contributed by atoms with Crippen LogP contribution in [-0.4, -0.2) is 37.0 Å². The molecule has 1 aliphatic heterocycles. The van der Waals surface area contributed by atoms with E-state index in [1.807, 2.05) is 29.2 Å². The summed E-state index contributed by atoms with van der Waals surface area (Å²) in [6, 6.07) is 7.69. The molecule has 1 aromatic rings. The Morgan fingerprint density at radius 1 is 1.30 bits per heavy atom. The number of carbonyl (C=O) groups is 1. The lowest BCUT2D eigenvalue weighted by Gasteiger charge is -2.29. The Morgan fingerprint density at radius 3 is 2.85 bits per heavy atom. The van der Waals surface area contributed by atoms with Crippen LogP contribution in [-0.2, 0) is 0 Å². The van der Waals surface area contributed by atoms with Gasteiger partial charge in [0.15, 0.2) is 0 Å². The molecule has 1 saturated carbocycles. The number of para-hydroxylation sites is 1.